The van der Waals surface area contributed by atoms with Crippen LogP contribution >= 0.6 is 0 Å². The average Bonchev–Trinajstić information content (AvgIpc) is 3.12. The van der Waals surface area contributed by atoms with Crippen LogP contribution in [-0.4, -0.2) is 35.1 Å². The second kappa shape index (κ2) is 9.51. The second-order valence-electron chi connectivity index (χ2n) is 7.18. The van der Waals surface area contributed by atoms with E-state index in [-0.39, 0.29) is 30.6 Å². The summed E-state index contributed by atoms with van der Waals surface area (Å²) in [5.74, 6) is 0.594. The number of hydrogen-bond acceptors (Lipinski definition) is 0. The van der Waals surface area contributed by atoms with Crippen molar-refractivity contribution in [1.29, 1.82) is 0 Å². The van der Waals surface area contributed by atoms with E-state index >= 15 is 0 Å². The van der Waals surface area contributed by atoms with E-state index in [4.69, 9.17) is 0 Å². The Balaban J connectivity index is 0.000000412. The van der Waals surface area contributed by atoms with Crippen LogP contribution < -0.4 is 5.19 Å². The van der Waals surface area contributed by atoms with Crippen LogP contribution in [0.1, 0.15) is 20.3 Å². The minimum absolute atomic E-state index is 0. The smallest absolute Gasteiger partial charge is 0.114 e. The van der Waals surface area contributed by atoms with Gasteiger partial charge in [0.1, 0.15) is 5.70 Å². The Bertz CT molecular complexity index is 638. The zero-order valence-electron chi connectivity index (χ0n) is 15.5. The Morgan fingerprint density at radius 2 is 1.79 bits per heavy atom. The fourth-order valence-electron chi connectivity index (χ4n) is 3.42. The SMILES string of the molecule is CC1=CC(C)C([N+](C)(C)C)=C1[SiH2]c1ccccc1.[C-]1=CC=CC1.[Pt]. The van der Waals surface area contributed by atoms with Gasteiger partial charge in [0.25, 0.3) is 0 Å². The Labute approximate surface area is 164 Å². The molecule has 1 aromatic carbocycles. The molecule has 0 bridgehead atoms. The monoisotopic (exact) mass is 518 g/mol. The summed E-state index contributed by atoms with van der Waals surface area (Å²) in [4.78, 5) is 0. The van der Waals surface area contributed by atoms with Crippen LogP contribution in [0.5, 0.6) is 0 Å². The molecule has 3 heteroatoms. The topological polar surface area (TPSA) is 0 Å². The van der Waals surface area contributed by atoms with Crippen molar-refractivity contribution in [3.8, 4) is 0 Å². The van der Waals surface area contributed by atoms with Crippen molar-refractivity contribution in [3.63, 3.8) is 0 Å². The Kier molecular flexibility index (Phi) is 8.35. The van der Waals surface area contributed by atoms with Gasteiger partial charge in [-0.05, 0) is 24.6 Å². The summed E-state index contributed by atoms with van der Waals surface area (Å²) in [6.07, 6.45) is 12.4. The van der Waals surface area contributed by atoms with Crippen molar-refractivity contribution in [2.24, 2.45) is 5.92 Å². The Morgan fingerprint density at radius 1 is 1.12 bits per heavy atom. The van der Waals surface area contributed by atoms with E-state index in [1.807, 2.05) is 12.2 Å². The van der Waals surface area contributed by atoms with Crippen LogP contribution in [0.2, 0.25) is 0 Å². The summed E-state index contributed by atoms with van der Waals surface area (Å²) in [5.41, 5.74) is 3.13. The third-order valence-electron chi connectivity index (χ3n) is 4.25. The van der Waals surface area contributed by atoms with Crippen LogP contribution in [0.25, 0.3) is 0 Å². The molecule has 132 valence electrons. The van der Waals surface area contributed by atoms with Gasteiger partial charge in [-0.1, -0.05) is 41.6 Å². The van der Waals surface area contributed by atoms with Crippen molar-refractivity contribution in [1.82, 2.24) is 0 Å². The van der Waals surface area contributed by atoms with E-state index in [1.54, 1.807) is 16.1 Å². The molecule has 0 fully saturated rings. The van der Waals surface area contributed by atoms with Crippen LogP contribution in [0.15, 0.2) is 71.1 Å². The summed E-state index contributed by atoms with van der Waals surface area (Å²) >= 11 is 0. The van der Waals surface area contributed by atoms with Crippen molar-refractivity contribution >= 4 is 14.7 Å². The summed E-state index contributed by atoms with van der Waals surface area (Å²) in [6, 6.07) is 11.0. The number of rotatable bonds is 3. The van der Waals surface area contributed by atoms with Gasteiger partial charge >= 0.3 is 0 Å². The molecule has 0 aliphatic heterocycles. The molecule has 2 aliphatic rings. The number of quaternary nitrogens is 1. The first kappa shape index (κ1) is 21.1. The molecule has 1 aromatic rings. The van der Waals surface area contributed by atoms with Crippen molar-refractivity contribution in [2.75, 3.05) is 21.1 Å². The molecule has 24 heavy (non-hydrogen) atoms. The molecule has 0 amide bonds. The van der Waals surface area contributed by atoms with Gasteiger partial charge in [-0.2, -0.15) is 6.08 Å². The quantitative estimate of drug-likeness (QED) is 0.327. The van der Waals surface area contributed by atoms with Crippen molar-refractivity contribution in [3.05, 3.63) is 77.2 Å². The van der Waals surface area contributed by atoms with E-state index in [2.05, 4.69) is 83.6 Å². The number of nitrogens with zero attached hydrogens (tertiary/aromatic N) is 1. The molecule has 0 saturated carbocycles. The maximum absolute atomic E-state index is 2.99. The molecule has 0 spiro atoms. The van der Waals surface area contributed by atoms with Gasteiger partial charge in [0.2, 0.25) is 0 Å². The molecule has 0 radical (unpaired) electrons. The van der Waals surface area contributed by atoms with Gasteiger partial charge in [-0.3, -0.25) is 6.08 Å². The van der Waals surface area contributed by atoms with Crippen LogP contribution in [0, 0.1) is 12.0 Å². The summed E-state index contributed by atoms with van der Waals surface area (Å²) < 4.78 is 0.962. The fraction of sp³-hybridized carbons (Fsp3) is 0.333. The Hall–Kier alpha value is -0.955. The maximum Gasteiger partial charge on any atom is 0.114 e. The molecule has 0 aromatic heterocycles. The standard InChI is InChI=1S/C16H24NSi.C5H5.Pt/c1-12-11-13(2)16(15(12)17(3,4)5)18-14-9-7-6-8-10-14;1-2-4-5-3-1;/h6-12H,18H2,1-5H3;1-3H,4H2;/q+1;-1;. The zero-order chi connectivity index (χ0) is 16.9. The minimum Gasteiger partial charge on any atom is -0.302 e. The third-order valence-corrected chi connectivity index (χ3v) is 6.40. The molecule has 1 unspecified atom stereocenters. The van der Waals surface area contributed by atoms with E-state index in [0.717, 1.165) is 10.9 Å². The first-order valence-corrected chi connectivity index (χ1v) is 9.80. The van der Waals surface area contributed by atoms with E-state index in [9.17, 15) is 0 Å². The van der Waals surface area contributed by atoms with Gasteiger partial charge < -0.3 is 4.48 Å². The zero-order valence-corrected chi connectivity index (χ0v) is 19.1. The van der Waals surface area contributed by atoms with Gasteiger partial charge in [0.05, 0.1) is 30.7 Å². The molecule has 3 rings (SSSR count). The molecule has 2 aliphatic carbocycles. The molecule has 0 N–H and O–H groups in total. The predicted octanol–water partition coefficient (Wildman–Crippen LogP) is 3.30. The minimum atomic E-state index is -0.346. The first-order chi connectivity index (χ1) is 10.9. The van der Waals surface area contributed by atoms with Crippen LogP contribution in [0.4, 0.5) is 0 Å². The second-order valence-corrected chi connectivity index (χ2v) is 9.06. The third kappa shape index (κ3) is 5.84. The summed E-state index contributed by atoms with van der Waals surface area (Å²) in [7, 11) is 6.52. The van der Waals surface area contributed by atoms with E-state index in [1.165, 1.54) is 5.57 Å². The van der Waals surface area contributed by atoms with E-state index in [0.29, 0.717) is 5.92 Å². The van der Waals surface area contributed by atoms with Gasteiger partial charge in [-0.15, -0.1) is 6.42 Å². The molecule has 1 nitrogen and oxygen atoms in total. The number of allylic oxidation sites excluding steroid dienone is 7. The van der Waals surface area contributed by atoms with Crippen LogP contribution in [-0.2, 0) is 21.1 Å². The maximum atomic E-state index is 2.99. The number of hydrogen-bond donors (Lipinski definition) is 0. The molecule has 0 heterocycles. The Morgan fingerprint density at radius 3 is 2.25 bits per heavy atom. The summed E-state index contributed by atoms with van der Waals surface area (Å²) in [6.45, 7) is 4.61. The van der Waals surface area contributed by atoms with Crippen molar-refractivity contribution in [2.45, 2.75) is 20.3 Å². The molecule has 0 saturated heterocycles. The molecular formula is C21H29NPtSi. The van der Waals surface area contributed by atoms with Gasteiger partial charge in [0.15, 0.2) is 0 Å². The summed E-state index contributed by atoms with van der Waals surface area (Å²) in [5, 5.41) is 3.21. The van der Waals surface area contributed by atoms with Gasteiger partial charge in [0, 0.05) is 27.0 Å². The van der Waals surface area contributed by atoms with Crippen molar-refractivity contribution < 1.29 is 25.5 Å². The average molecular weight is 519 g/mol. The molecule has 1 atom stereocenters. The first-order valence-electron chi connectivity index (χ1n) is 8.39. The van der Waals surface area contributed by atoms with Gasteiger partial charge in [-0.25, -0.2) is 12.2 Å². The largest absolute Gasteiger partial charge is 0.302 e. The molecular weight excluding hydrogens is 489 g/mol. The predicted molar refractivity (Wildman–Crippen MR) is 104 cm³/mol. The normalized spacial score (nSPS) is 19.4. The fourth-order valence-corrected chi connectivity index (χ4v) is 5.71. The number of benzene rings is 1. The van der Waals surface area contributed by atoms with Crippen LogP contribution in [0.3, 0.4) is 0 Å². The van der Waals surface area contributed by atoms with E-state index < -0.39 is 0 Å².